The van der Waals surface area contributed by atoms with E-state index < -0.39 is 17.8 Å². The molecule has 0 radical (unpaired) electrons. The number of nitrogens with zero attached hydrogens (tertiary/aromatic N) is 6. The lowest BCUT2D eigenvalue weighted by Crippen LogP contribution is -2.20. The Hall–Kier alpha value is -4.98. The fourth-order valence-corrected chi connectivity index (χ4v) is 4.48. The summed E-state index contributed by atoms with van der Waals surface area (Å²) in [5, 5.41) is 11.5. The van der Waals surface area contributed by atoms with Crippen molar-refractivity contribution < 1.29 is 23.9 Å². The van der Waals surface area contributed by atoms with E-state index in [2.05, 4.69) is 20.5 Å². The predicted molar refractivity (Wildman–Crippen MR) is 155 cm³/mol. The summed E-state index contributed by atoms with van der Waals surface area (Å²) >= 11 is 0. The van der Waals surface area contributed by atoms with Crippen molar-refractivity contribution in [3.05, 3.63) is 64.8 Å². The number of aryl methyl sites for hydroxylation is 4. The monoisotopic (exact) mass is 577 g/mol. The highest BCUT2D eigenvalue weighted by atomic mass is 16.6. The van der Waals surface area contributed by atoms with Gasteiger partial charge in [0.05, 0.1) is 16.9 Å². The zero-order valence-electron chi connectivity index (χ0n) is 24.1. The standard InChI is InChI=1S/C28H35N9O5/c1-5-36-21(13-17(3)33-36)26(39)32-28-31-20-15-19(25(30)38)16-23(24(20)35(28)10-8-7-9-29)41-11-12-42-27(40)22-14-18(4)34-37(22)6-2/h7-8,13-16H,5-6,9-12,29H2,1-4H3,(H2,30,38)(H,31,32,39). The van der Waals surface area contributed by atoms with Crippen LogP contribution in [0.2, 0.25) is 0 Å². The first-order chi connectivity index (χ1) is 20.2. The number of nitrogens with one attached hydrogen (secondary N) is 1. The summed E-state index contributed by atoms with van der Waals surface area (Å²) in [6.45, 7) is 8.92. The van der Waals surface area contributed by atoms with Crippen molar-refractivity contribution in [2.24, 2.45) is 11.5 Å². The van der Waals surface area contributed by atoms with Gasteiger partial charge in [-0.3, -0.25) is 24.3 Å². The van der Waals surface area contributed by atoms with Crippen molar-refractivity contribution in [1.29, 1.82) is 0 Å². The molecule has 14 nitrogen and oxygen atoms in total. The summed E-state index contributed by atoms with van der Waals surface area (Å²) in [4.78, 5) is 42.6. The molecule has 0 aliphatic heterocycles. The number of allylic oxidation sites excluding steroid dienone is 1. The average Bonchev–Trinajstić information content (AvgIpc) is 3.64. The number of rotatable bonds is 13. The third-order valence-corrected chi connectivity index (χ3v) is 6.33. The molecule has 1 aromatic carbocycles. The van der Waals surface area contributed by atoms with Gasteiger partial charge in [0.15, 0.2) is 0 Å². The highest BCUT2D eigenvalue weighted by Gasteiger charge is 2.22. The molecular formula is C28H35N9O5. The summed E-state index contributed by atoms with van der Waals surface area (Å²) in [6.07, 6.45) is 3.59. The van der Waals surface area contributed by atoms with Crippen LogP contribution in [0.15, 0.2) is 36.4 Å². The fourth-order valence-electron chi connectivity index (χ4n) is 4.48. The number of primary amides is 1. The lowest BCUT2D eigenvalue weighted by molar-refractivity contribution is 0.0437. The zero-order chi connectivity index (χ0) is 30.4. The van der Waals surface area contributed by atoms with Gasteiger partial charge in [0.25, 0.3) is 5.91 Å². The molecule has 14 heteroatoms. The minimum absolute atomic E-state index is 0.0250. The summed E-state index contributed by atoms with van der Waals surface area (Å²) in [5.41, 5.74) is 14.4. The molecule has 0 saturated carbocycles. The lowest BCUT2D eigenvalue weighted by atomic mass is 10.1. The van der Waals surface area contributed by atoms with Crippen LogP contribution in [0.1, 0.15) is 56.6 Å². The number of imidazole rings is 1. The van der Waals surface area contributed by atoms with Crippen LogP contribution in [-0.4, -0.2) is 66.7 Å². The molecule has 0 aliphatic rings. The molecule has 0 spiro atoms. The Morgan fingerprint density at radius 1 is 0.952 bits per heavy atom. The van der Waals surface area contributed by atoms with E-state index in [1.165, 1.54) is 12.1 Å². The quantitative estimate of drug-likeness (QED) is 0.122. The number of amides is 2. The third-order valence-electron chi connectivity index (χ3n) is 6.33. The SMILES string of the molecule is CCn1nc(C)cc1C(=O)Nc1nc2cc(C(N)=O)cc(OCCOC(=O)c3cc(C)nn3CC)c2n1CC=CCN. The van der Waals surface area contributed by atoms with Crippen molar-refractivity contribution in [3.8, 4) is 5.75 Å². The summed E-state index contributed by atoms with van der Waals surface area (Å²) in [6, 6.07) is 6.37. The van der Waals surface area contributed by atoms with E-state index in [9.17, 15) is 14.4 Å². The first kappa shape index (κ1) is 30.0. The maximum atomic E-state index is 13.2. The molecule has 4 rings (SSSR count). The molecular weight excluding hydrogens is 542 g/mol. The lowest BCUT2D eigenvalue weighted by Gasteiger charge is -2.13. The second kappa shape index (κ2) is 13.1. The number of carbonyl (C=O) groups is 3. The van der Waals surface area contributed by atoms with Gasteiger partial charge in [-0.25, -0.2) is 9.78 Å². The largest absolute Gasteiger partial charge is 0.488 e. The normalized spacial score (nSPS) is 11.4. The van der Waals surface area contributed by atoms with E-state index >= 15 is 0 Å². The molecule has 0 fully saturated rings. The van der Waals surface area contributed by atoms with Crippen molar-refractivity contribution in [3.63, 3.8) is 0 Å². The van der Waals surface area contributed by atoms with Gasteiger partial charge in [-0.05, 0) is 52.0 Å². The Morgan fingerprint density at radius 2 is 1.62 bits per heavy atom. The number of hydrogen-bond acceptors (Lipinski definition) is 9. The number of carbonyl (C=O) groups excluding carboxylic acids is 3. The van der Waals surface area contributed by atoms with Crippen molar-refractivity contribution >= 4 is 34.8 Å². The second-order valence-corrected chi connectivity index (χ2v) is 9.37. The second-order valence-electron chi connectivity index (χ2n) is 9.37. The first-order valence-electron chi connectivity index (χ1n) is 13.6. The molecule has 0 atom stereocenters. The summed E-state index contributed by atoms with van der Waals surface area (Å²) < 4.78 is 16.3. The van der Waals surface area contributed by atoms with Gasteiger partial charge in [-0.15, -0.1) is 0 Å². The minimum atomic E-state index is -0.679. The molecule has 3 aromatic heterocycles. The number of nitrogens with two attached hydrogens (primary N) is 2. The molecule has 2 amide bonds. The first-order valence-corrected chi connectivity index (χ1v) is 13.6. The smallest absolute Gasteiger partial charge is 0.356 e. The number of aromatic nitrogens is 6. The summed E-state index contributed by atoms with van der Waals surface area (Å²) in [5.74, 6) is -1.11. The van der Waals surface area contributed by atoms with E-state index in [1.54, 1.807) is 46.0 Å². The number of esters is 1. The van der Waals surface area contributed by atoms with E-state index in [0.717, 1.165) is 0 Å². The highest BCUT2D eigenvalue weighted by molar-refractivity contribution is 6.04. The predicted octanol–water partition coefficient (Wildman–Crippen LogP) is 2.19. The number of hydrogen-bond donors (Lipinski definition) is 3. The Balaban J connectivity index is 1.64. The number of anilines is 1. The number of fused-ring (bicyclic) bond motifs is 1. The van der Waals surface area contributed by atoms with Crippen molar-refractivity contribution in [1.82, 2.24) is 29.1 Å². The molecule has 0 unspecified atom stereocenters. The molecule has 0 aliphatic carbocycles. The van der Waals surface area contributed by atoms with Gasteiger partial charge in [-0.1, -0.05) is 12.2 Å². The fraction of sp³-hybridized carbons (Fsp3) is 0.357. The van der Waals surface area contributed by atoms with Crippen molar-refractivity contribution in [2.75, 3.05) is 25.1 Å². The number of benzene rings is 1. The van der Waals surface area contributed by atoms with E-state index in [0.29, 0.717) is 53.4 Å². The van der Waals surface area contributed by atoms with Crippen molar-refractivity contribution in [2.45, 2.75) is 47.3 Å². The van der Waals surface area contributed by atoms with Gasteiger partial charge in [0, 0.05) is 31.7 Å². The van der Waals surface area contributed by atoms with Gasteiger partial charge < -0.3 is 25.5 Å². The molecule has 3 heterocycles. The topological polar surface area (TPSA) is 187 Å². The Labute approximate surface area is 242 Å². The van der Waals surface area contributed by atoms with E-state index in [4.69, 9.17) is 20.9 Å². The van der Waals surface area contributed by atoms with Gasteiger partial charge in [-0.2, -0.15) is 10.2 Å². The Bertz CT molecular complexity index is 1650. The molecule has 0 saturated heterocycles. The van der Waals surface area contributed by atoms with Crippen LogP contribution in [0.25, 0.3) is 11.0 Å². The van der Waals surface area contributed by atoms with Crippen LogP contribution in [-0.2, 0) is 24.4 Å². The molecule has 222 valence electrons. The van der Waals surface area contributed by atoms with Gasteiger partial charge in [0.2, 0.25) is 11.9 Å². The van der Waals surface area contributed by atoms with Crippen LogP contribution >= 0.6 is 0 Å². The van der Waals surface area contributed by atoms with Gasteiger partial charge >= 0.3 is 5.97 Å². The van der Waals surface area contributed by atoms with E-state index in [-0.39, 0.29) is 37.0 Å². The third kappa shape index (κ3) is 6.49. The molecule has 42 heavy (non-hydrogen) atoms. The molecule has 4 aromatic rings. The maximum absolute atomic E-state index is 13.2. The van der Waals surface area contributed by atoms with Crippen LogP contribution in [0.5, 0.6) is 5.75 Å². The Kier molecular flexibility index (Phi) is 9.37. The minimum Gasteiger partial charge on any atom is -0.488 e. The number of ether oxygens (including phenoxy) is 2. The highest BCUT2D eigenvalue weighted by Crippen LogP contribution is 2.31. The van der Waals surface area contributed by atoms with Crippen LogP contribution in [0, 0.1) is 13.8 Å². The molecule has 0 bridgehead atoms. The van der Waals surface area contributed by atoms with Crippen LogP contribution in [0.3, 0.4) is 0 Å². The van der Waals surface area contributed by atoms with Crippen LogP contribution in [0.4, 0.5) is 5.95 Å². The maximum Gasteiger partial charge on any atom is 0.356 e. The van der Waals surface area contributed by atoms with Gasteiger partial charge in [0.1, 0.15) is 35.9 Å². The van der Waals surface area contributed by atoms with Crippen LogP contribution < -0.4 is 21.5 Å². The van der Waals surface area contributed by atoms with E-state index in [1.807, 2.05) is 19.9 Å². The summed E-state index contributed by atoms with van der Waals surface area (Å²) in [7, 11) is 0. The Morgan fingerprint density at radius 3 is 2.26 bits per heavy atom. The zero-order valence-corrected chi connectivity index (χ0v) is 24.1. The average molecular weight is 578 g/mol. The molecule has 5 N–H and O–H groups in total.